The monoisotopic (exact) mass is 359 g/mol. The van der Waals surface area contributed by atoms with Crippen molar-refractivity contribution in [3.8, 4) is 0 Å². The highest BCUT2D eigenvalue weighted by atomic mass is 32.1. The maximum absolute atomic E-state index is 4.84. The van der Waals surface area contributed by atoms with Gasteiger partial charge >= 0.3 is 0 Å². The van der Waals surface area contributed by atoms with E-state index in [0.717, 1.165) is 31.1 Å². The van der Waals surface area contributed by atoms with Gasteiger partial charge in [-0.1, -0.05) is 23.5 Å². The van der Waals surface area contributed by atoms with Crippen molar-refractivity contribution in [3.05, 3.63) is 24.3 Å². The van der Waals surface area contributed by atoms with Crippen molar-refractivity contribution in [2.45, 2.75) is 38.8 Å². The minimum absolute atomic E-state index is 0.571. The smallest absolute Gasteiger partial charge is 0.186 e. The van der Waals surface area contributed by atoms with E-state index in [1.54, 1.807) is 0 Å². The van der Waals surface area contributed by atoms with Crippen molar-refractivity contribution in [1.82, 2.24) is 20.7 Å². The number of hydrazine groups is 1. The van der Waals surface area contributed by atoms with E-state index in [9.17, 15) is 0 Å². The number of thiazole rings is 1. The normalized spacial score (nSPS) is 28.6. The van der Waals surface area contributed by atoms with Gasteiger partial charge in [0.25, 0.3) is 0 Å². The first-order chi connectivity index (χ1) is 12.2. The zero-order valence-corrected chi connectivity index (χ0v) is 16.1. The van der Waals surface area contributed by atoms with Gasteiger partial charge in [0.05, 0.1) is 10.2 Å². The summed E-state index contributed by atoms with van der Waals surface area (Å²) in [5.74, 6) is 0.726. The number of rotatable bonds is 4. The lowest BCUT2D eigenvalue weighted by Crippen LogP contribution is -2.34. The third-order valence-electron chi connectivity index (χ3n) is 5.74. The average molecular weight is 360 g/mol. The molecule has 2 atom stereocenters. The summed E-state index contributed by atoms with van der Waals surface area (Å²) in [6, 6.07) is 9.61. The van der Waals surface area contributed by atoms with Crippen LogP contribution in [0.3, 0.4) is 0 Å². The Morgan fingerprint density at radius 2 is 1.88 bits per heavy atom. The number of hydrogen-bond donors (Lipinski definition) is 2. The first-order valence-corrected chi connectivity index (χ1v) is 10.4. The zero-order valence-electron chi connectivity index (χ0n) is 15.2. The van der Waals surface area contributed by atoms with Gasteiger partial charge in [0.15, 0.2) is 5.13 Å². The zero-order chi connectivity index (χ0) is 17.2. The first-order valence-electron chi connectivity index (χ1n) is 9.54. The van der Waals surface area contributed by atoms with Crippen LogP contribution in [0.4, 0.5) is 5.13 Å². The van der Waals surface area contributed by atoms with Crippen molar-refractivity contribution >= 4 is 26.7 Å². The molecule has 2 aliphatic rings. The predicted octanol–water partition coefficient (Wildman–Crippen LogP) is 2.70. The first kappa shape index (κ1) is 17.2. The van der Waals surface area contributed by atoms with E-state index in [1.165, 1.54) is 35.8 Å². The lowest BCUT2D eigenvalue weighted by molar-refractivity contribution is 0.256. The molecule has 2 unspecified atom stereocenters. The molecule has 5 nitrogen and oxygen atoms in total. The number of aromatic nitrogens is 1. The van der Waals surface area contributed by atoms with Gasteiger partial charge in [0.2, 0.25) is 0 Å². The van der Waals surface area contributed by atoms with E-state index in [0.29, 0.717) is 12.1 Å². The van der Waals surface area contributed by atoms with Crippen LogP contribution in [0.25, 0.3) is 10.2 Å². The minimum Gasteiger partial charge on any atom is -0.347 e. The van der Waals surface area contributed by atoms with E-state index in [4.69, 9.17) is 4.98 Å². The second-order valence-electron chi connectivity index (χ2n) is 7.46. The Balaban J connectivity index is 1.34. The molecule has 25 heavy (non-hydrogen) atoms. The molecule has 0 amide bonds. The SMILES string of the molecule is CC1NNC(C)C1CCN1CCCN(c2nc3ccccc3s2)CC1. The maximum atomic E-state index is 4.84. The Hall–Kier alpha value is -1.21. The van der Waals surface area contributed by atoms with Crippen LogP contribution < -0.4 is 15.8 Å². The molecule has 0 saturated carbocycles. The Bertz CT molecular complexity index is 659. The molecule has 136 valence electrons. The van der Waals surface area contributed by atoms with Crippen LogP contribution >= 0.6 is 11.3 Å². The Morgan fingerprint density at radius 1 is 1.08 bits per heavy atom. The molecule has 2 saturated heterocycles. The average Bonchev–Trinajstić information content (AvgIpc) is 3.09. The standard InChI is InChI=1S/C19H29N5S/c1-14-16(15(2)22-21-14)8-11-23-9-5-10-24(13-12-23)19-20-17-6-3-4-7-18(17)25-19/h3-4,6-7,14-16,21-22H,5,8-13H2,1-2H3. The minimum atomic E-state index is 0.571. The predicted molar refractivity (Wildman–Crippen MR) is 106 cm³/mol. The largest absolute Gasteiger partial charge is 0.347 e. The molecule has 3 heterocycles. The van der Waals surface area contributed by atoms with Crippen LogP contribution in [-0.2, 0) is 0 Å². The molecule has 2 N–H and O–H groups in total. The lowest BCUT2D eigenvalue weighted by atomic mass is 9.93. The maximum Gasteiger partial charge on any atom is 0.186 e. The fourth-order valence-electron chi connectivity index (χ4n) is 4.12. The quantitative estimate of drug-likeness (QED) is 0.879. The second-order valence-corrected chi connectivity index (χ2v) is 8.47. The van der Waals surface area contributed by atoms with Crippen molar-refractivity contribution < 1.29 is 0 Å². The summed E-state index contributed by atoms with van der Waals surface area (Å²) in [6.45, 7) is 10.3. The number of hydrogen-bond acceptors (Lipinski definition) is 6. The molecule has 0 bridgehead atoms. The molecule has 2 aliphatic heterocycles. The molecule has 1 aromatic carbocycles. The Morgan fingerprint density at radius 3 is 2.68 bits per heavy atom. The van der Waals surface area contributed by atoms with Crippen molar-refractivity contribution in [3.63, 3.8) is 0 Å². The van der Waals surface area contributed by atoms with Crippen LogP contribution in [0.15, 0.2) is 24.3 Å². The van der Waals surface area contributed by atoms with Crippen molar-refractivity contribution in [2.24, 2.45) is 5.92 Å². The molecular formula is C19H29N5S. The van der Waals surface area contributed by atoms with Crippen LogP contribution in [0.5, 0.6) is 0 Å². The molecule has 2 fully saturated rings. The Kier molecular flexibility index (Phi) is 5.22. The summed E-state index contributed by atoms with van der Waals surface area (Å²) in [5.41, 5.74) is 7.89. The molecule has 6 heteroatoms. The summed E-state index contributed by atoms with van der Waals surface area (Å²) in [5, 5.41) is 1.19. The third-order valence-corrected chi connectivity index (χ3v) is 6.84. The van der Waals surface area contributed by atoms with Gasteiger partial charge in [-0.3, -0.25) is 10.9 Å². The number of nitrogens with one attached hydrogen (secondary N) is 2. The van der Waals surface area contributed by atoms with E-state index in [-0.39, 0.29) is 0 Å². The Labute approximate surface area is 154 Å². The number of benzene rings is 1. The van der Waals surface area contributed by atoms with Crippen LogP contribution in [0.1, 0.15) is 26.7 Å². The number of anilines is 1. The highest BCUT2D eigenvalue weighted by Gasteiger charge is 2.30. The van der Waals surface area contributed by atoms with E-state index < -0.39 is 0 Å². The van der Waals surface area contributed by atoms with Crippen LogP contribution in [-0.4, -0.2) is 54.7 Å². The molecule has 1 aromatic heterocycles. The lowest BCUT2D eigenvalue weighted by Gasteiger charge is -2.25. The van der Waals surface area contributed by atoms with Gasteiger partial charge in [-0.05, 0) is 57.8 Å². The van der Waals surface area contributed by atoms with Gasteiger partial charge in [-0.15, -0.1) is 0 Å². The molecule has 0 aliphatic carbocycles. The highest BCUT2D eigenvalue weighted by molar-refractivity contribution is 7.22. The van der Waals surface area contributed by atoms with E-state index in [2.05, 4.69) is 58.8 Å². The van der Waals surface area contributed by atoms with Crippen molar-refractivity contribution in [2.75, 3.05) is 37.6 Å². The summed E-state index contributed by atoms with van der Waals surface area (Å²) < 4.78 is 1.29. The molecular weight excluding hydrogens is 330 g/mol. The van der Waals surface area contributed by atoms with Gasteiger partial charge < -0.3 is 9.80 Å². The number of nitrogens with zero attached hydrogens (tertiary/aromatic N) is 3. The molecule has 4 rings (SSSR count). The summed E-state index contributed by atoms with van der Waals surface area (Å²) in [6.07, 6.45) is 2.49. The summed E-state index contributed by atoms with van der Waals surface area (Å²) in [7, 11) is 0. The van der Waals surface area contributed by atoms with Gasteiger partial charge in [-0.25, -0.2) is 4.98 Å². The van der Waals surface area contributed by atoms with Crippen molar-refractivity contribution in [1.29, 1.82) is 0 Å². The van der Waals surface area contributed by atoms with Gasteiger partial charge in [0, 0.05) is 31.7 Å². The molecule has 2 aromatic rings. The molecule has 0 radical (unpaired) electrons. The van der Waals surface area contributed by atoms with E-state index in [1.807, 2.05) is 11.3 Å². The van der Waals surface area contributed by atoms with Gasteiger partial charge in [0.1, 0.15) is 0 Å². The second kappa shape index (κ2) is 7.58. The number of fused-ring (bicyclic) bond motifs is 1. The topological polar surface area (TPSA) is 43.4 Å². The van der Waals surface area contributed by atoms with E-state index >= 15 is 0 Å². The summed E-state index contributed by atoms with van der Waals surface area (Å²) in [4.78, 5) is 9.97. The van der Waals surface area contributed by atoms with Gasteiger partial charge in [-0.2, -0.15) is 0 Å². The molecule has 0 spiro atoms. The summed E-state index contributed by atoms with van der Waals surface area (Å²) >= 11 is 1.83. The van der Waals surface area contributed by atoms with Crippen LogP contribution in [0, 0.1) is 5.92 Å². The number of para-hydroxylation sites is 1. The fourth-order valence-corrected chi connectivity index (χ4v) is 5.14. The van der Waals surface area contributed by atoms with Crippen LogP contribution in [0.2, 0.25) is 0 Å². The highest BCUT2D eigenvalue weighted by Crippen LogP contribution is 2.29. The fraction of sp³-hybridized carbons (Fsp3) is 0.632. The third kappa shape index (κ3) is 3.82.